The first-order valence-electron chi connectivity index (χ1n) is 5.45. The molecule has 3 atom stereocenters. The van der Waals surface area contributed by atoms with Crippen LogP contribution in [0.25, 0.3) is 0 Å². The predicted molar refractivity (Wildman–Crippen MR) is 56.2 cm³/mol. The Labute approximate surface area is 89.2 Å². The number of hydrogen-bond donors (Lipinski definition) is 1. The molecule has 2 fully saturated rings. The number of fused-ring (bicyclic) bond motifs is 1. The van der Waals surface area contributed by atoms with Gasteiger partial charge in [-0.2, -0.15) is 5.26 Å². The van der Waals surface area contributed by atoms with E-state index >= 15 is 0 Å². The number of benzene rings is 1. The smallest absolute Gasteiger partial charge is 0.0991 e. The minimum absolute atomic E-state index is 0.115. The van der Waals surface area contributed by atoms with Crippen molar-refractivity contribution in [2.75, 3.05) is 0 Å². The zero-order chi connectivity index (χ0) is 10.5. The van der Waals surface area contributed by atoms with Gasteiger partial charge in [0.25, 0.3) is 0 Å². The molecule has 76 valence electrons. The molecule has 1 aromatic rings. The molecular formula is C13H13NO. The van der Waals surface area contributed by atoms with Crippen molar-refractivity contribution in [1.29, 1.82) is 5.26 Å². The Balaban J connectivity index is 1.98. The molecule has 2 aliphatic rings. The van der Waals surface area contributed by atoms with Crippen LogP contribution in [0.15, 0.2) is 24.3 Å². The third kappa shape index (κ3) is 1.13. The van der Waals surface area contributed by atoms with Crippen LogP contribution in [0.2, 0.25) is 0 Å². The maximum Gasteiger partial charge on any atom is 0.0991 e. The van der Waals surface area contributed by atoms with E-state index in [1.807, 2.05) is 18.2 Å². The fourth-order valence-electron chi connectivity index (χ4n) is 3.11. The van der Waals surface area contributed by atoms with Gasteiger partial charge >= 0.3 is 0 Å². The third-order valence-electron chi connectivity index (χ3n) is 4.05. The lowest BCUT2D eigenvalue weighted by molar-refractivity contribution is 0.159. The van der Waals surface area contributed by atoms with E-state index in [1.54, 1.807) is 0 Å². The second kappa shape index (κ2) is 2.84. The number of rotatable bonds is 1. The van der Waals surface area contributed by atoms with Crippen molar-refractivity contribution in [2.45, 2.75) is 30.8 Å². The fourth-order valence-corrected chi connectivity index (χ4v) is 3.11. The van der Waals surface area contributed by atoms with Crippen LogP contribution in [-0.4, -0.2) is 11.2 Å². The highest BCUT2D eigenvalue weighted by molar-refractivity contribution is 5.42. The molecule has 0 bridgehead atoms. The topological polar surface area (TPSA) is 44.0 Å². The summed E-state index contributed by atoms with van der Waals surface area (Å²) in [6.07, 6.45) is 2.98. The zero-order valence-corrected chi connectivity index (χ0v) is 8.48. The van der Waals surface area contributed by atoms with Crippen LogP contribution in [0.5, 0.6) is 0 Å². The molecule has 0 radical (unpaired) electrons. The van der Waals surface area contributed by atoms with Crippen molar-refractivity contribution in [3.05, 3.63) is 35.4 Å². The summed E-state index contributed by atoms with van der Waals surface area (Å²) in [6, 6.07) is 10.0. The SMILES string of the molecule is N#Cc1cccc([C@]23CC[C@@H](O)[C@H]2C3)c1. The highest BCUT2D eigenvalue weighted by Crippen LogP contribution is 2.64. The lowest BCUT2D eigenvalue weighted by atomic mass is 9.92. The predicted octanol–water partition coefficient (Wildman–Crippen LogP) is 1.97. The summed E-state index contributed by atoms with van der Waals surface area (Å²) >= 11 is 0. The van der Waals surface area contributed by atoms with Gasteiger partial charge in [-0.15, -0.1) is 0 Å². The summed E-state index contributed by atoms with van der Waals surface area (Å²) in [4.78, 5) is 0. The minimum atomic E-state index is -0.115. The van der Waals surface area contributed by atoms with Crippen molar-refractivity contribution in [3.63, 3.8) is 0 Å². The van der Waals surface area contributed by atoms with Crippen molar-refractivity contribution < 1.29 is 5.11 Å². The van der Waals surface area contributed by atoms with Gasteiger partial charge in [-0.3, -0.25) is 0 Å². The van der Waals surface area contributed by atoms with Crippen LogP contribution in [0.1, 0.15) is 30.4 Å². The molecule has 15 heavy (non-hydrogen) atoms. The molecule has 0 unspecified atom stereocenters. The molecule has 0 heterocycles. The maximum atomic E-state index is 9.73. The van der Waals surface area contributed by atoms with E-state index in [0.717, 1.165) is 24.8 Å². The van der Waals surface area contributed by atoms with Crippen LogP contribution >= 0.6 is 0 Å². The van der Waals surface area contributed by atoms with E-state index < -0.39 is 0 Å². The first kappa shape index (κ1) is 8.94. The van der Waals surface area contributed by atoms with Crippen LogP contribution < -0.4 is 0 Å². The van der Waals surface area contributed by atoms with E-state index in [2.05, 4.69) is 12.1 Å². The number of aliphatic hydroxyl groups is 1. The average Bonchev–Trinajstić information content (AvgIpc) is 2.95. The Morgan fingerprint density at radius 3 is 2.93 bits per heavy atom. The van der Waals surface area contributed by atoms with E-state index in [-0.39, 0.29) is 11.5 Å². The number of nitrogens with zero attached hydrogens (tertiary/aromatic N) is 1. The summed E-state index contributed by atoms with van der Waals surface area (Å²) < 4.78 is 0. The Kier molecular flexibility index (Phi) is 1.69. The Bertz CT molecular complexity index is 448. The van der Waals surface area contributed by atoms with Crippen LogP contribution in [0.4, 0.5) is 0 Å². The summed E-state index contributed by atoms with van der Waals surface area (Å²) in [5.41, 5.74) is 2.20. The van der Waals surface area contributed by atoms with Crippen LogP contribution in [0.3, 0.4) is 0 Å². The van der Waals surface area contributed by atoms with Crippen molar-refractivity contribution >= 4 is 0 Å². The molecule has 0 saturated heterocycles. The Hall–Kier alpha value is -1.33. The highest BCUT2D eigenvalue weighted by atomic mass is 16.3. The number of nitriles is 1. The molecule has 2 aliphatic carbocycles. The van der Waals surface area contributed by atoms with E-state index in [0.29, 0.717) is 5.92 Å². The molecule has 3 rings (SSSR count). The standard InChI is InChI=1S/C13H13NO/c14-8-9-2-1-3-10(6-9)13-5-4-12(15)11(13)7-13/h1-3,6,11-12,15H,4-5,7H2/t11-,12-,13-/m1/s1. The zero-order valence-electron chi connectivity index (χ0n) is 8.48. The van der Waals surface area contributed by atoms with E-state index in [9.17, 15) is 5.11 Å². The van der Waals surface area contributed by atoms with Gasteiger partial charge in [0.15, 0.2) is 0 Å². The van der Waals surface area contributed by atoms with Gasteiger partial charge in [0.1, 0.15) is 0 Å². The van der Waals surface area contributed by atoms with Gasteiger partial charge in [-0.05, 0) is 42.9 Å². The van der Waals surface area contributed by atoms with Crippen molar-refractivity contribution in [1.82, 2.24) is 0 Å². The fraction of sp³-hybridized carbons (Fsp3) is 0.462. The largest absolute Gasteiger partial charge is 0.393 e. The molecular weight excluding hydrogens is 186 g/mol. The van der Waals surface area contributed by atoms with E-state index in [4.69, 9.17) is 5.26 Å². The number of hydrogen-bond acceptors (Lipinski definition) is 2. The molecule has 2 nitrogen and oxygen atoms in total. The van der Waals surface area contributed by atoms with Gasteiger partial charge in [0, 0.05) is 5.41 Å². The monoisotopic (exact) mass is 199 g/mol. The third-order valence-corrected chi connectivity index (χ3v) is 4.05. The maximum absolute atomic E-state index is 9.73. The van der Waals surface area contributed by atoms with E-state index in [1.165, 1.54) is 5.56 Å². The molecule has 0 spiro atoms. The summed E-state index contributed by atoms with van der Waals surface area (Å²) in [5, 5.41) is 18.6. The first-order chi connectivity index (χ1) is 7.26. The molecule has 0 amide bonds. The van der Waals surface area contributed by atoms with Crippen LogP contribution in [0, 0.1) is 17.2 Å². The van der Waals surface area contributed by atoms with Crippen molar-refractivity contribution in [2.24, 2.45) is 5.92 Å². The average molecular weight is 199 g/mol. The number of aliphatic hydroxyl groups excluding tert-OH is 1. The summed E-state index contributed by atoms with van der Waals surface area (Å²) in [5.74, 6) is 0.450. The molecule has 2 heteroatoms. The van der Waals surface area contributed by atoms with Gasteiger partial charge in [0.2, 0.25) is 0 Å². The highest BCUT2D eigenvalue weighted by Gasteiger charge is 2.62. The second-order valence-electron chi connectivity index (χ2n) is 4.77. The molecule has 0 aliphatic heterocycles. The van der Waals surface area contributed by atoms with Gasteiger partial charge in [-0.25, -0.2) is 0 Å². The minimum Gasteiger partial charge on any atom is -0.393 e. The lowest BCUT2D eigenvalue weighted by Gasteiger charge is -2.11. The van der Waals surface area contributed by atoms with Gasteiger partial charge in [0.05, 0.1) is 17.7 Å². The first-order valence-corrected chi connectivity index (χ1v) is 5.45. The quantitative estimate of drug-likeness (QED) is 0.751. The Morgan fingerprint density at radius 1 is 1.47 bits per heavy atom. The normalized spacial score (nSPS) is 37.1. The van der Waals surface area contributed by atoms with Crippen molar-refractivity contribution in [3.8, 4) is 6.07 Å². The van der Waals surface area contributed by atoms with Gasteiger partial charge in [-0.1, -0.05) is 12.1 Å². The summed E-state index contributed by atoms with van der Waals surface area (Å²) in [7, 11) is 0. The molecule has 0 aromatic heterocycles. The second-order valence-corrected chi connectivity index (χ2v) is 4.77. The van der Waals surface area contributed by atoms with Gasteiger partial charge < -0.3 is 5.11 Å². The molecule has 1 N–H and O–H groups in total. The summed E-state index contributed by atoms with van der Waals surface area (Å²) in [6.45, 7) is 0. The molecule has 1 aromatic carbocycles. The molecule has 2 saturated carbocycles. The Morgan fingerprint density at radius 2 is 2.33 bits per heavy atom. The lowest BCUT2D eigenvalue weighted by Crippen LogP contribution is -2.07. The van der Waals surface area contributed by atoms with Crippen LogP contribution in [-0.2, 0) is 5.41 Å².